The highest BCUT2D eigenvalue weighted by molar-refractivity contribution is 7.88. The zero-order valence-electron chi connectivity index (χ0n) is 16.1. The summed E-state index contributed by atoms with van der Waals surface area (Å²) in [6.07, 6.45) is 0.903. The van der Waals surface area contributed by atoms with E-state index in [4.69, 9.17) is 11.6 Å². The van der Waals surface area contributed by atoms with Crippen molar-refractivity contribution in [3.8, 4) is 0 Å². The summed E-state index contributed by atoms with van der Waals surface area (Å²) in [4.78, 5) is 24.0. The SMILES string of the molecule is CC(=O)c1cccc(NC(=O)C2CCN(S(=O)(=O)Cc3cccc(Cl)c3)CC2)c1. The summed E-state index contributed by atoms with van der Waals surface area (Å²) in [7, 11) is -3.47. The minimum absolute atomic E-state index is 0.0701. The average molecular weight is 435 g/mol. The van der Waals surface area contributed by atoms with Gasteiger partial charge in [-0.1, -0.05) is 35.9 Å². The third kappa shape index (κ3) is 5.65. The first-order valence-corrected chi connectivity index (χ1v) is 11.4. The third-order valence-corrected chi connectivity index (χ3v) is 7.08. The second-order valence-corrected chi connectivity index (χ2v) is 9.59. The van der Waals surface area contributed by atoms with Gasteiger partial charge in [0.1, 0.15) is 0 Å². The molecule has 0 aliphatic carbocycles. The molecule has 0 aromatic heterocycles. The molecule has 1 fully saturated rings. The van der Waals surface area contributed by atoms with E-state index in [-0.39, 0.29) is 23.4 Å². The number of hydrogen-bond acceptors (Lipinski definition) is 4. The normalized spacial score (nSPS) is 15.8. The molecule has 0 bridgehead atoms. The Labute approximate surface area is 175 Å². The zero-order chi connectivity index (χ0) is 21.0. The lowest BCUT2D eigenvalue weighted by Crippen LogP contribution is -2.41. The molecule has 2 aromatic carbocycles. The molecule has 3 rings (SSSR count). The minimum Gasteiger partial charge on any atom is -0.326 e. The molecule has 29 heavy (non-hydrogen) atoms. The molecule has 0 unspecified atom stereocenters. The van der Waals surface area contributed by atoms with Gasteiger partial charge in [0.15, 0.2) is 5.78 Å². The summed E-state index contributed by atoms with van der Waals surface area (Å²) in [6, 6.07) is 13.6. The molecule has 0 saturated carbocycles. The molecule has 1 saturated heterocycles. The number of nitrogens with zero attached hydrogens (tertiary/aromatic N) is 1. The van der Waals surface area contributed by atoms with E-state index >= 15 is 0 Å². The van der Waals surface area contributed by atoms with E-state index in [9.17, 15) is 18.0 Å². The van der Waals surface area contributed by atoms with Crippen molar-refractivity contribution in [2.75, 3.05) is 18.4 Å². The summed E-state index contributed by atoms with van der Waals surface area (Å²) in [5, 5.41) is 3.33. The van der Waals surface area contributed by atoms with Crippen LogP contribution in [0.5, 0.6) is 0 Å². The predicted molar refractivity (Wildman–Crippen MR) is 113 cm³/mol. The molecule has 1 aliphatic rings. The lowest BCUT2D eigenvalue weighted by molar-refractivity contribution is -0.120. The topological polar surface area (TPSA) is 83.6 Å². The van der Waals surface area contributed by atoms with Gasteiger partial charge in [-0.05, 0) is 49.6 Å². The number of rotatable bonds is 6. The van der Waals surface area contributed by atoms with Crippen molar-refractivity contribution in [2.24, 2.45) is 5.92 Å². The maximum Gasteiger partial charge on any atom is 0.227 e. The van der Waals surface area contributed by atoms with E-state index in [0.29, 0.717) is 47.8 Å². The van der Waals surface area contributed by atoms with Crippen molar-refractivity contribution < 1.29 is 18.0 Å². The molecule has 154 valence electrons. The molecule has 1 heterocycles. The van der Waals surface area contributed by atoms with Crippen molar-refractivity contribution in [3.05, 3.63) is 64.7 Å². The fourth-order valence-electron chi connectivity index (χ4n) is 3.39. The van der Waals surface area contributed by atoms with Crippen molar-refractivity contribution in [1.29, 1.82) is 0 Å². The maximum atomic E-state index is 12.7. The Hall–Kier alpha value is -2.22. The van der Waals surface area contributed by atoms with Gasteiger partial charge < -0.3 is 5.32 Å². The lowest BCUT2D eigenvalue weighted by atomic mass is 9.97. The standard InChI is InChI=1S/C21H23ClN2O4S/c1-15(25)18-5-3-7-20(13-18)23-21(26)17-8-10-24(11-9-17)29(27,28)14-16-4-2-6-19(22)12-16/h2-7,12-13,17H,8-11,14H2,1H3,(H,23,26). The van der Waals surface area contributed by atoms with Gasteiger partial charge in [0, 0.05) is 35.3 Å². The highest BCUT2D eigenvalue weighted by Crippen LogP contribution is 2.24. The summed E-state index contributed by atoms with van der Waals surface area (Å²) >= 11 is 5.94. The number of amides is 1. The molecule has 8 heteroatoms. The number of carbonyl (C=O) groups is 2. The molecular weight excluding hydrogens is 412 g/mol. The van der Waals surface area contributed by atoms with Crippen LogP contribution >= 0.6 is 11.6 Å². The Kier molecular flexibility index (Phi) is 6.72. The van der Waals surface area contributed by atoms with E-state index in [2.05, 4.69) is 5.32 Å². The first-order chi connectivity index (χ1) is 13.7. The van der Waals surface area contributed by atoms with Crippen molar-refractivity contribution in [3.63, 3.8) is 0 Å². The van der Waals surface area contributed by atoms with Crippen LogP contribution in [0.1, 0.15) is 35.7 Å². The van der Waals surface area contributed by atoms with Crippen molar-refractivity contribution in [1.82, 2.24) is 4.31 Å². The second-order valence-electron chi connectivity index (χ2n) is 7.19. The van der Waals surface area contributed by atoms with Crippen LogP contribution in [0.3, 0.4) is 0 Å². The smallest absolute Gasteiger partial charge is 0.227 e. The van der Waals surface area contributed by atoms with Crippen LogP contribution in [-0.4, -0.2) is 37.5 Å². The monoisotopic (exact) mass is 434 g/mol. The number of piperidine rings is 1. The van der Waals surface area contributed by atoms with E-state index in [1.165, 1.54) is 11.2 Å². The molecule has 1 N–H and O–H groups in total. The van der Waals surface area contributed by atoms with Crippen LogP contribution in [0.15, 0.2) is 48.5 Å². The summed E-state index contributed by atoms with van der Waals surface area (Å²) in [5.41, 5.74) is 1.74. The number of Topliss-reactive ketones (excluding diaryl/α,β-unsaturated/α-hetero) is 1. The van der Waals surface area contributed by atoms with Gasteiger partial charge in [-0.25, -0.2) is 12.7 Å². The number of sulfonamides is 1. The summed E-state index contributed by atoms with van der Waals surface area (Å²) in [6.45, 7) is 2.07. The van der Waals surface area contributed by atoms with Gasteiger partial charge in [-0.3, -0.25) is 9.59 Å². The summed E-state index contributed by atoms with van der Waals surface area (Å²) < 4.78 is 26.8. The second kappa shape index (κ2) is 9.07. The maximum absolute atomic E-state index is 12.7. The van der Waals surface area contributed by atoms with Crippen LogP contribution in [0.25, 0.3) is 0 Å². The van der Waals surface area contributed by atoms with Crippen LogP contribution < -0.4 is 5.32 Å². The average Bonchev–Trinajstić information content (AvgIpc) is 2.68. The number of nitrogens with one attached hydrogen (secondary N) is 1. The van der Waals surface area contributed by atoms with E-state index in [1.807, 2.05) is 0 Å². The molecular formula is C21H23ClN2O4S. The number of carbonyl (C=O) groups excluding carboxylic acids is 2. The lowest BCUT2D eigenvalue weighted by Gasteiger charge is -2.30. The fourth-order valence-corrected chi connectivity index (χ4v) is 5.15. The van der Waals surface area contributed by atoms with Crippen molar-refractivity contribution >= 4 is 39.0 Å². The van der Waals surface area contributed by atoms with Crippen molar-refractivity contribution in [2.45, 2.75) is 25.5 Å². The zero-order valence-corrected chi connectivity index (χ0v) is 17.7. The molecule has 0 atom stereocenters. The Morgan fingerprint density at radius 2 is 1.79 bits per heavy atom. The van der Waals surface area contributed by atoms with Crippen LogP contribution in [-0.2, 0) is 20.6 Å². The molecule has 0 spiro atoms. The van der Waals surface area contributed by atoms with Crippen LogP contribution in [0, 0.1) is 5.92 Å². The fraction of sp³-hybridized carbons (Fsp3) is 0.333. The molecule has 1 amide bonds. The predicted octanol–water partition coefficient (Wildman–Crippen LogP) is 3.72. The highest BCUT2D eigenvalue weighted by Gasteiger charge is 2.31. The Bertz CT molecular complexity index is 1010. The Morgan fingerprint density at radius 1 is 1.10 bits per heavy atom. The first-order valence-electron chi connectivity index (χ1n) is 9.39. The van der Waals surface area contributed by atoms with Gasteiger partial charge in [0.2, 0.25) is 15.9 Å². The first kappa shape index (κ1) is 21.5. The van der Waals surface area contributed by atoms with E-state index in [0.717, 1.165) is 0 Å². The van der Waals surface area contributed by atoms with Crippen LogP contribution in [0.4, 0.5) is 5.69 Å². The Balaban J connectivity index is 1.57. The molecule has 0 radical (unpaired) electrons. The minimum atomic E-state index is -3.47. The largest absolute Gasteiger partial charge is 0.326 e. The summed E-state index contributed by atoms with van der Waals surface area (Å²) in [5.74, 6) is -0.604. The highest BCUT2D eigenvalue weighted by atomic mass is 35.5. The number of ketones is 1. The number of halogens is 1. The van der Waals surface area contributed by atoms with Gasteiger partial charge in [-0.15, -0.1) is 0 Å². The molecule has 6 nitrogen and oxygen atoms in total. The van der Waals surface area contributed by atoms with E-state index < -0.39 is 10.0 Å². The molecule has 2 aromatic rings. The number of benzene rings is 2. The number of hydrogen-bond donors (Lipinski definition) is 1. The van der Waals surface area contributed by atoms with Gasteiger partial charge in [0.05, 0.1) is 5.75 Å². The van der Waals surface area contributed by atoms with Gasteiger partial charge in [-0.2, -0.15) is 0 Å². The van der Waals surface area contributed by atoms with Gasteiger partial charge >= 0.3 is 0 Å². The Morgan fingerprint density at radius 3 is 2.45 bits per heavy atom. The molecule has 1 aliphatic heterocycles. The van der Waals surface area contributed by atoms with Gasteiger partial charge in [0.25, 0.3) is 0 Å². The van der Waals surface area contributed by atoms with E-state index in [1.54, 1.807) is 48.5 Å². The number of anilines is 1. The third-order valence-electron chi connectivity index (χ3n) is 4.99. The van der Waals surface area contributed by atoms with Crippen LogP contribution in [0.2, 0.25) is 5.02 Å². The quantitative estimate of drug-likeness (QED) is 0.702.